The maximum atomic E-state index is 12.8. The van der Waals surface area contributed by atoms with Crippen LogP contribution in [-0.4, -0.2) is 43.0 Å². The molecule has 0 aliphatic carbocycles. The zero-order valence-electron chi connectivity index (χ0n) is 14.9. The Bertz CT molecular complexity index is 665. The van der Waals surface area contributed by atoms with Crippen molar-refractivity contribution >= 4 is 23.4 Å². The van der Waals surface area contributed by atoms with Gasteiger partial charge in [0.05, 0.1) is 23.7 Å². The van der Waals surface area contributed by atoms with Gasteiger partial charge in [0.15, 0.2) is 11.5 Å². The van der Waals surface area contributed by atoms with E-state index >= 15 is 0 Å². The highest BCUT2D eigenvalue weighted by molar-refractivity contribution is 6.32. The van der Waals surface area contributed by atoms with Crippen molar-refractivity contribution < 1.29 is 19.1 Å². The van der Waals surface area contributed by atoms with Crippen LogP contribution >= 0.6 is 11.6 Å². The molecule has 2 rings (SSSR count). The molecule has 138 valence electrons. The Morgan fingerprint density at radius 3 is 2.60 bits per heavy atom. The standard InChI is InChI=1S/C18H25ClN2O4/c1-4-8-25-15-13(19)9-12(10-14(15)24-5-2)16(22)21-7-6-18(3,11-21)17(20)23/h9-10H,4-8,11H2,1-3H3,(H2,20,23). The van der Waals surface area contributed by atoms with Gasteiger partial charge in [-0.3, -0.25) is 9.59 Å². The maximum absolute atomic E-state index is 12.8. The molecule has 0 spiro atoms. The lowest BCUT2D eigenvalue weighted by Crippen LogP contribution is -2.38. The normalized spacial score (nSPS) is 19.8. The van der Waals surface area contributed by atoms with Crippen molar-refractivity contribution in [2.45, 2.75) is 33.6 Å². The molecule has 1 fully saturated rings. The number of ether oxygens (including phenoxy) is 2. The molecule has 2 N–H and O–H groups in total. The van der Waals surface area contributed by atoms with E-state index < -0.39 is 5.41 Å². The lowest BCUT2D eigenvalue weighted by Gasteiger charge is -2.22. The van der Waals surface area contributed by atoms with E-state index in [1.807, 2.05) is 13.8 Å². The number of halogens is 1. The van der Waals surface area contributed by atoms with E-state index in [2.05, 4.69) is 0 Å². The summed E-state index contributed by atoms with van der Waals surface area (Å²) < 4.78 is 11.2. The number of primary amides is 1. The van der Waals surface area contributed by atoms with Gasteiger partial charge in [0.2, 0.25) is 5.91 Å². The number of rotatable bonds is 7. The number of carbonyl (C=O) groups is 2. The average molecular weight is 369 g/mol. The molecule has 0 radical (unpaired) electrons. The number of hydrogen-bond donors (Lipinski definition) is 1. The highest BCUT2D eigenvalue weighted by Gasteiger charge is 2.41. The largest absolute Gasteiger partial charge is 0.490 e. The molecule has 1 aliphatic heterocycles. The third-order valence-electron chi connectivity index (χ3n) is 4.36. The Kier molecular flexibility index (Phi) is 6.16. The second kappa shape index (κ2) is 7.95. The number of benzene rings is 1. The van der Waals surface area contributed by atoms with Crippen molar-refractivity contribution in [2.75, 3.05) is 26.3 Å². The topological polar surface area (TPSA) is 81.9 Å². The van der Waals surface area contributed by atoms with Gasteiger partial charge in [0, 0.05) is 18.7 Å². The molecule has 1 atom stereocenters. The lowest BCUT2D eigenvalue weighted by atomic mass is 9.89. The van der Waals surface area contributed by atoms with Gasteiger partial charge in [0.1, 0.15) is 0 Å². The zero-order chi connectivity index (χ0) is 18.6. The second-order valence-corrected chi connectivity index (χ2v) is 6.88. The van der Waals surface area contributed by atoms with Crippen LogP contribution in [0.5, 0.6) is 11.5 Å². The van der Waals surface area contributed by atoms with Crippen LogP contribution in [0.15, 0.2) is 12.1 Å². The van der Waals surface area contributed by atoms with Crippen LogP contribution < -0.4 is 15.2 Å². The predicted octanol–water partition coefficient (Wildman–Crippen LogP) is 2.87. The Morgan fingerprint density at radius 2 is 2.04 bits per heavy atom. The first-order valence-corrected chi connectivity index (χ1v) is 8.88. The summed E-state index contributed by atoms with van der Waals surface area (Å²) in [6.45, 7) is 7.35. The minimum Gasteiger partial charge on any atom is -0.490 e. The third kappa shape index (κ3) is 4.18. The molecule has 6 nitrogen and oxygen atoms in total. The Hall–Kier alpha value is -1.95. The van der Waals surface area contributed by atoms with Gasteiger partial charge < -0.3 is 20.1 Å². The summed E-state index contributed by atoms with van der Waals surface area (Å²) in [6, 6.07) is 3.22. The average Bonchev–Trinajstić information content (AvgIpc) is 2.97. The van der Waals surface area contributed by atoms with Crippen LogP contribution in [0.4, 0.5) is 0 Å². The number of amides is 2. The molecule has 1 heterocycles. The fourth-order valence-electron chi connectivity index (χ4n) is 2.82. The quantitative estimate of drug-likeness (QED) is 0.802. The van der Waals surface area contributed by atoms with Crippen molar-refractivity contribution in [2.24, 2.45) is 11.1 Å². The number of carbonyl (C=O) groups excluding carboxylic acids is 2. The van der Waals surface area contributed by atoms with Crippen LogP contribution in [0.3, 0.4) is 0 Å². The van der Waals surface area contributed by atoms with Gasteiger partial charge >= 0.3 is 0 Å². The van der Waals surface area contributed by atoms with Gasteiger partial charge in [-0.1, -0.05) is 18.5 Å². The molecular formula is C18H25ClN2O4. The van der Waals surface area contributed by atoms with E-state index in [4.69, 9.17) is 26.8 Å². The van der Waals surface area contributed by atoms with Gasteiger partial charge in [-0.25, -0.2) is 0 Å². The van der Waals surface area contributed by atoms with Crippen molar-refractivity contribution in [3.05, 3.63) is 22.7 Å². The van der Waals surface area contributed by atoms with E-state index in [-0.39, 0.29) is 11.8 Å². The highest BCUT2D eigenvalue weighted by Crippen LogP contribution is 2.38. The Balaban J connectivity index is 2.27. The molecule has 25 heavy (non-hydrogen) atoms. The first kappa shape index (κ1) is 19.4. The number of hydrogen-bond acceptors (Lipinski definition) is 4. The first-order chi connectivity index (χ1) is 11.8. The molecule has 1 aromatic rings. The SMILES string of the molecule is CCCOc1c(Cl)cc(C(=O)N2CCC(C)(C(N)=O)C2)cc1OCC. The molecule has 0 bridgehead atoms. The van der Waals surface area contributed by atoms with Gasteiger partial charge in [0.25, 0.3) is 5.91 Å². The van der Waals surface area contributed by atoms with Gasteiger partial charge in [-0.2, -0.15) is 0 Å². The van der Waals surface area contributed by atoms with E-state index in [1.165, 1.54) is 0 Å². The van der Waals surface area contributed by atoms with Gasteiger partial charge in [-0.15, -0.1) is 0 Å². The van der Waals surface area contributed by atoms with Crippen molar-refractivity contribution in [3.8, 4) is 11.5 Å². The molecule has 0 aromatic heterocycles. The van der Waals surface area contributed by atoms with Crippen LogP contribution in [0, 0.1) is 5.41 Å². The van der Waals surface area contributed by atoms with Crippen LogP contribution in [0.1, 0.15) is 44.0 Å². The van der Waals surface area contributed by atoms with Crippen LogP contribution in [-0.2, 0) is 4.79 Å². The minimum absolute atomic E-state index is 0.199. The summed E-state index contributed by atoms with van der Waals surface area (Å²) in [7, 11) is 0. The Labute approximate surface area is 153 Å². The molecule has 1 aliphatic rings. The van der Waals surface area contributed by atoms with Crippen molar-refractivity contribution in [1.82, 2.24) is 4.90 Å². The molecular weight excluding hydrogens is 344 g/mol. The smallest absolute Gasteiger partial charge is 0.254 e. The van der Waals surface area contributed by atoms with Crippen molar-refractivity contribution in [3.63, 3.8) is 0 Å². The minimum atomic E-state index is -0.688. The fourth-order valence-corrected chi connectivity index (χ4v) is 3.08. The summed E-state index contributed by atoms with van der Waals surface area (Å²) >= 11 is 6.31. The van der Waals surface area contributed by atoms with E-state index in [0.29, 0.717) is 54.8 Å². The van der Waals surface area contributed by atoms with Crippen molar-refractivity contribution in [1.29, 1.82) is 0 Å². The van der Waals surface area contributed by atoms with E-state index in [0.717, 1.165) is 6.42 Å². The van der Waals surface area contributed by atoms with E-state index in [1.54, 1.807) is 24.0 Å². The zero-order valence-corrected chi connectivity index (χ0v) is 15.7. The molecule has 7 heteroatoms. The number of nitrogens with zero attached hydrogens (tertiary/aromatic N) is 1. The number of nitrogens with two attached hydrogens (primary N) is 1. The summed E-state index contributed by atoms with van der Waals surface area (Å²) in [6.07, 6.45) is 1.39. The lowest BCUT2D eigenvalue weighted by molar-refractivity contribution is -0.126. The Morgan fingerprint density at radius 1 is 1.32 bits per heavy atom. The fraction of sp³-hybridized carbons (Fsp3) is 0.556. The molecule has 1 unspecified atom stereocenters. The van der Waals surface area contributed by atoms with Crippen LogP contribution in [0.2, 0.25) is 5.02 Å². The van der Waals surface area contributed by atoms with Crippen LogP contribution in [0.25, 0.3) is 0 Å². The maximum Gasteiger partial charge on any atom is 0.254 e. The molecule has 1 saturated heterocycles. The molecule has 2 amide bonds. The summed E-state index contributed by atoms with van der Waals surface area (Å²) in [5.41, 5.74) is 5.17. The number of likely N-dealkylation sites (tertiary alicyclic amines) is 1. The van der Waals surface area contributed by atoms with Gasteiger partial charge in [-0.05, 0) is 38.8 Å². The first-order valence-electron chi connectivity index (χ1n) is 8.50. The summed E-state index contributed by atoms with van der Waals surface area (Å²) in [5, 5.41) is 0.333. The predicted molar refractivity (Wildman–Crippen MR) is 96.2 cm³/mol. The monoisotopic (exact) mass is 368 g/mol. The molecule has 0 saturated carbocycles. The summed E-state index contributed by atoms with van der Waals surface area (Å²) in [5.74, 6) is 0.308. The molecule has 1 aromatic carbocycles. The highest BCUT2D eigenvalue weighted by atomic mass is 35.5. The van der Waals surface area contributed by atoms with E-state index in [9.17, 15) is 9.59 Å². The second-order valence-electron chi connectivity index (χ2n) is 6.47. The summed E-state index contributed by atoms with van der Waals surface area (Å²) in [4.78, 5) is 26.0. The third-order valence-corrected chi connectivity index (χ3v) is 4.64.